The normalized spacial score (nSPS) is 23.0. The zero-order valence-electron chi connectivity index (χ0n) is 17.9. The Balaban J connectivity index is 1.61. The summed E-state index contributed by atoms with van der Waals surface area (Å²) in [5, 5.41) is 2.90. The molecule has 4 rings (SSSR count). The Hall–Kier alpha value is -2.90. The molecule has 1 N–H and O–H groups in total. The molecule has 0 aromatic heterocycles. The summed E-state index contributed by atoms with van der Waals surface area (Å²) in [5.41, 5.74) is -0.711. The molecule has 2 aliphatic heterocycles. The molecule has 31 heavy (non-hydrogen) atoms. The van der Waals surface area contributed by atoms with Gasteiger partial charge in [0.1, 0.15) is 0 Å². The van der Waals surface area contributed by atoms with Crippen LogP contribution in [0.1, 0.15) is 68.6 Å². The standard InChI is InChI=1S/C23H29N3O5/c1-2-3-14-25-21(29)17-10-6-7-11-18(17)26-20(28)12-13-23(25,26)22(30)31-15-19(27)24-16-8-4-5-9-16/h6-7,10-11,16H,2-5,8-9,12-15H2,1H3,(H,24,27)/t23-/m0/s1. The Morgan fingerprint density at radius 2 is 1.94 bits per heavy atom. The van der Waals surface area contributed by atoms with Crippen LogP contribution in [-0.2, 0) is 19.1 Å². The molecule has 0 spiro atoms. The van der Waals surface area contributed by atoms with E-state index in [1.165, 1.54) is 9.80 Å². The lowest BCUT2D eigenvalue weighted by Gasteiger charge is -2.48. The van der Waals surface area contributed by atoms with Gasteiger partial charge in [-0.3, -0.25) is 19.3 Å². The van der Waals surface area contributed by atoms with Gasteiger partial charge < -0.3 is 15.0 Å². The molecule has 3 aliphatic rings. The molecule has 8 heteroatoms. The fourth-order valence-corrected chi connectivity index (χ4v) is 4.96. The van der Waals surface area contributed by atoms with E-state index in [1.54, 1.807) is 24.3 Å². The highest BCUT2D eigenvalue weighted by Gasteiger charge is 2.61. The molecule has 0 radical (unpaired) electrons. The van der Waals surface area contributed by atoms with Crippen LogP contribution in [-0.4, -0.2) is 53.4 Å². The number of carbonyl (C=O) groups is 4. The Labute approximate surface area is 181 Å². The van der Waals surface area contributed by atoms with Crippen LogP contribution >= 0.6 is 0 Å². The SMILES string of the molecule is CCCCN1C(=O)c2ccccc2N2C(=O)CC[C@]12C(=O)OCC(=O)NC1CCCC1. The quantitative estimate of drug-likeness (QED) is 0.674. The van der Waals surface area contributed by atoms with Crippen molar-refractivity contribution in [1.29, 1.82) is 0 Å². The molecule has 1 saturated heterocycles. The smallest absolute Gasteiger partial charge is 0.354 e. The first-order chi connectivity index (χ1) is 15.0. The van der Waals surface area contributed by atoms with E-state index in [1.807, 2.05) is 6.92 Å². The average molecular weight is 428 g/mol. The van der Waals surface area contributed by atoms with Crippen molar-refractivity contribution < 1.29 is 23.9 Å². The lowest BCUT2D eigenvalue weighted by atomic mass is 9.96. The summed E-state index contributed by atoms with van der Waals surface area (Å²) in [6.45, 7) is 1.91. The number of ether oxygens (including phenoxy) is 1. The highest BCUT2D eigenvalue weighted by Crippen LogP contribution is 2.45. The third-order valence-electron chi connectivity index (χ3n) is 6.49. The Kier molecular flexibility index (Phi) is 5.98. The van der Waals surface area contributed by atoms with Gasteiger partial charge in [0.15, 0.2) is 6.61 Å². The number of hydrogen-bond acceptors (Lipinski definition) is 5. The summed E-state index contributed by atoms with van der Waals surface area (Å²) >= 11 is 0. The molecule has 1 aromatic rings. The first-order valence-corrected chi connectivity index (χ1v) is 11.2. The van der Waals surface area contributed by atoms with Gasteiger partial charge in [-0.25, -0.2) is 4.79 Å². The van der Waals surface area contributed by atoms with E-state index in [0.29, 0.717) is 24.2 Å². The summed E-state index contributed by atoms with van der Waals surface area (Å²) in [6, 6.07) is 6.96. The molecule has 1 aliphatic carbocycles. The Morgan fingerprint density at radius 3 is 2.68 bits per heavy atom. The maximum Gasteiger partial charge on any atom is 0.354 e. The molecule has 1 aromatic carbocycles. The third kappa shape index (κ3) is 3.68. The zero-order valence-corrected chi connectivity index (χ0v) is 17.9. The molecule has 1 saturated carbocycles. The summed E-state index contributed by atoms with van der Waals surface area (Å²) in [6.07, 6.45) is 5.83. The fraction of sp³-hybridized carbons (Fsp3) is 0.565. The van der Waals surface area contributed by atoms with E-state index >= 15 is 0 Å². The zero-order chi connectivity index (χ0) is 22.0. The maximum absolute atomic E-state index is 13.4. The summed E-state index contributed by atoms with van der Waals surface area (Å²) in [5.74, 6) is -1.59. The highest BCUT2D eigenvalue weighted by molar-refractivity contribution is 6.15. The van der Waals surface area contributed by atoms with Gasteiger partial charge >= 0.3 is 5.97 Å². The van der Waals surface area contributed by atoms with E-state index < -0.39 is 18.2 Å². The first-order valence-electron chi connectivity index (χ1n) is 11.2. The number of nitrogens with one attached hydrogen (secondary N) is 1. The number of esters is 1. The lowest BCUT2D eigenvalue weighted by Crippen LogP contribution is -2.68. The van der Waals surface area contributed by atoms with Crippen LogP contribution in [0.3, 0.4) is 0 Å². The number of unbranched alkanes of at least 4 members (excludes halogenated alkanes) is 1. The number of amides is 3. The monoisotopic (exact) mass is 427 g/mol. The molecule has 3 amide bonds. The van der Waals surface area contributed by atoms with Crippen molar-refractivity contribution in [3.05, 3.63) is 29.8 Å². The van der Waals surface area contributed by atoms with Crippen molar-refractivity contribution in [3.63, 3.8) is 0 Å². The summed E-state index contributed by atoms with van der Waals surface area (Å²) in [4.78, 5) is 54.8. The van der Waals surface area contributed by atoms with Gasteiger partial charge in [-0.05, 0) is 31.4 Å². The lowest BCUT2D eigenvalue weighted by molar-refractivity contribution is -0.160. The predicted octanol–water partition coefficient (Wildman–Crippen LogP) is 2.37. The molecule has 0 bridgehead atoms. The molecule has 0 unspecified atom stereocenters. The van der Waals surface area contributed by atoms with Crippen LogP contribution in [0.25, 0.3) is 0 Å². The van der Waals surface area contributed by atoms with Gasteiger partial charge in [-0.15, -0.1) is 0 Å². The number of nitrogens with zero attached hydrogens (tertiary/aromatic N) is 2. The van der Waals surface area contributed by atoms with E-state index in [-0.39, 0.29) is 36.6 Å². The Bertz CT molecular complexity index is 895. The van der Waals surface area contributed by atoms with Gasteiger partial charge in [0.2, 0.25) is 11.6 Å². The number of fused-ring (bicyclic) bond motifs is 3. The van der Waals surface area contributed by atoms with Gasteiger partial charge in [-0.2, -0.15) is 0 Å². The topological polar surface area (TPSA) is 96.0 Å². The van der Waals surface area contributed by atoms with Crippen LogP contribution in [0, 0.1) is 0 Å². The van der Waals surface area contributed by atoms with Crippen LogP contribution in [0.15, 0.2) is 24.3 Å². The largest absolute Gasteiger partial charge is 0.452 e. The van der Waals surface area contributed by atoms with Gasteiger partial charge in [0, 0.05) is 25.4 Å². The van der Waals surface area contributed by atoms with Crippen LogP contribution in [0.4, 0.5) is 5.69 Å². The molecule has 2 heterocycles. The van der Waals surface area contributed by atoms with Crippen LogP contribution in [0.5, 0.6) is 0 Å². The minimum atomic E-state index is -1.54. The maximum atomic E-state index is 13.4. The number of hydrogen-bond donors (Lipinski definition) is 1. The van der Waals surface area contributed by atoms with Crippen molar-refractivity contribution in [2.75, 3.05) is 18.1 Å². The van der Waals surface area contributed by atoms with Crippen molar-refractivity contribution in [3.8, 4) is 0 Å². The fourth-order valence-electron chi connectivity index (χ4n) is 4.96. The van der Waals surface area contributed by atoms with E-state index in [2.05, 4.69) is 5.32 Å². The second-order valence-electron chi connectivity index (χ2n) is 8.50. The molecule has 8 nitrogen and oxygen atoms in total. The predicted molar refractivity (Wildman–Crippen MR) is 113 cm³/mol. The van der Waals surface area contributed by atoms with Crippen molar-refractivity contribution in [2.45, 2.75) is 70.0 Å². The van der Waals surface area contributed by atoms with Crippen LogP contribution < -0.4 is 10.2 Å². The van der Waals surface area contributed by atoms with Crippen molar-refractivity contribution >= 4 is 29.4 Å². The average Bonchev–Trinajstić information content (AvgIpc) is 3.40. The minimum Gasteiger partial charge on any atom is -0.452 e. The molecule has 1 atom stereocenters. The Morgan fingerprint density at radius 1 is 1.19 bits per heavy atom. The molecule has 166 valence electrons. The number of benzene rings is 1. The van der Waals surface area contributed by atoms with Crippen LogP contribution in [0.2, 0.25) is 0 Å². The van der Waals surface area contributed by atoms with E-state index in [4.69, 9.17) is 4.74 Å². The minimum absolute atomic E-state index is 0.123. The molecular weight excluding hydrogens is 398 g/mol. The van der Waals surface area contributed by atoms with Gasteiger partial charge in [-0.1, -0.05) is 38.3 Å². The summed E-state index contributed by atoms with van der Waals surface area (Å²) < 4.78 is 5.44. The molecule has 2 fully saturated rings. The number of rotatable bonds is 7. The second-order valence-corrected chi connectivity index (χ2v) is 8.50. The first kappa shape index (κ1) is 21.3. The molecular formula is C23H29N3O5. The summed E-state index contributed by atoms with van der Waals surface area (Å²) in [7, 11) is 0. The number of anilines is 1. The second kappa shape index (κ2) is 8.69. The number of para-hydroxylation sites is 1. The van der Waals surface area contributed by atoms with Gasteiger partial charge in [0.05, 0.1) is 11.3 Å². The van der Waals surface area contributed by atoms with Crippen molar-refractivity contribution in [2.24, 2.45) is 0 Å². The van der Waals surface area contributed by atoms with E-state index in [0.717, 1.165) is 32.1 Å². The van der Waals surface area contributed by atoms with Crippen molar-refractivity contribution in [1.82, 2.24) is 10.2 Å². The van der Waals surface area contributed by atoms with Gasteiger partial charge in [0.25, 0.3) is 11.8 Å². The number of carbonyl (C=O) groups excluding carboxylic acids is 4. The highest BCUT2D eigenvalue weighted by atomic mass is 16.5. The van der Waals surface area contributed by atoms with E-state index in [9.17, 15) is 19.2 Å². The third-order valence-corrected chi connectivity index (χ3v) is 6.49.